The Bertz CT molecular complexity index is 875. The molecule has 0 saturated carbocycles. The number of amides is 1. The third-order valence-corrected chi connectivity index (χ3v) is 7.37. The van der Waals surface area contributed by atoms with Gasteiger partial charge in [0.15, 0.2) is 11.5 Å². The molecule has 1 heterocycles. The Morgan fingerprint density at radius 1 is 1.15 bits per heavy atom. The molecule has 2 atom stereocenters. The quantitative estimate of drug-likeness (QED) is 0.215. The molecule has 1 aliphatic rings. The highest BCUT2D eigenvalue weighted by atomic mass is 32.2. The maximum Gasteiger partial charge on any atom is 0.254 e. The van der Waals surface area contributed by atoms with Crippen molar-refractivity contribution in [2.24, 2.45) is 0 Å². The third kappa shape index (κ3) is 12.1. The predicted octanol–water partition coefficient (Wildman–Crippen LogP) is 7.85. The van der Waals surface area contributed by atoms with E-state index in [1.165, 1.54) is 18.4 Å². The molecule has 1 aromatic carbocycles. The molecule has 0 radical (unpaired) electrons. The topological polar surface area (TPSA) is 51.2 Å². The van der Waals surface area contributed by atoms with E-state index >= 15 is 0 Å². The van der Waals surface area contributed by atoms with Gasteiger partial charge in [-0.15, -0.1) is 18.3 Å². The first-order valence-corrected chi connectivity index (χ1v) is 15.2. The number of carbonyl (C=O) groups is 1. The lowest BCUT2D eigenvalue weighted by Crippen LogP contribution is -2.37. The van der Waals surface area contributed by atoms with Crippen molar-refractivity contribution in [1.82, 2.24) is 9.80 Å². The van der Waals surface area contributed by atoms with Gasteiger partial charge < -0.3 is 24.0 Å². The van der Waals surface area contributed by atoms with E-state index in [0.29, 0.717) is 47.2 Å². The number of ether oxygens (including phenoxy) is 3. The first-order valence-electron chi connectivity index (χ1n) is 14.2. The van der Waals surface area contributed by atoms with E-state index in [0.717, 1.165) is 19.4 Å². The van der Waals surface area contributed by atoms with Crippen LogP contribution in [0.4, 0.5) is 0 Å². The van der Waals surface area contributed by atoms with E-state index in [1.54, 1.807) is 45.2 Å². The number of carbonyl (C=O) groups excluding carboxylic acids is 1. The molecule has 0 aromatic heterocycles. The van der Waals surface area contributed by atoms with Crippen molar-refractivity contribution in [2.45, 2.75) is 78.5 Å². The summed E-state index contributed by atoms with van der Waals surface area (Å²) < 4.78 is 16.4. The number of hydrogen-bond acceptors (Lipinski definition) is 6. The summed E-state index contributed by atoms with van der Waals surface area (Å²) in [5.74, 6) is 1.38. The van der Waals surface area contributed by atoms with Crippen LogP contribution in [0.15, 0.2) is 47.9 Å². The van der Waals surface area contributed by atoms with Gasteiger partial charge in [-0.2, -0.15) is 0 Å². The number of thioether (sulfide) groups is 1. The summed E-state index contributed by atoms with van der Waals surface area (Å²) in [6, 6.07) is 3.97. The van der Waals surface area contributed by atoms with E-state index in [9.17, 15) is 4.79 Å². The van der Waals surface area contributed by atoms with Crippen LogP contribution in [0.5, 0.6) is 17.2 Å². The minimum absolute atomic E-state index is 0.0497. The Balaban J connectivity index is 0.00000344. The van der Waals surface area contributed by atoms with Crippen LogP contribution in [-0.2, 0) is 0 Å². The fraction of sp³-hybridized carbons (Fsp3) is 0.594. The van der Waals surface area contributed by atoms with Crippen LogP contribution >= 0.6 is 11.8 Å². The van der Waals surface area contributed by atoms with Crippen LogP contribution in [0.2, 0.25) is 0 Å². The fourth-order valence-corrected chi connectivity index (χ4v) is 5.21. The van der Waals surface area contributed by atoms with E-state index in [4.69, 9.17) is 14.2 Å². The standard InChI is InChI=1S/C28H42N2O4S.2C2H6/c1-8-11-21(3)35-20-22(12-9-2)19-30(16-14-24-13-10-15-29(24)4)28(31)23-17-25(32-5)27(34-7)26(18-23)33-6;2*1-2/h8-9,11,17-18,20-21,24H,2,10,12-16,19H2,1,3-7H3;2*1-2H3/b11-8-,22-20+;;. The van der Waals surface area contributed by atoms with E-state index in [1.807, 2.05) is 45.6 Å². The molecule has 222 valence electrons. The maximum atomic E-state index is 13.8. The van der Waals surface area contributed by atoms with Gasteiger partial charge in [-0.05, 0) is 76.2 Å². The van der Waals surface area contributed by atoms with E-state index in [2.05, 4.69) is 43.0 Å². The fourth-order valence-electron chi connectivity index (χ4n) is 4.39. The number of nitrogens with zero attached hydrogens (tertiary/aromatic N) is 2. The van der Waals surface area contributed by atoms with Gasteiger partial charge in [-0.3, -0.25) is 4.79 Å². The normalized spacial score (nSPS) is 15.9. The summed E-state index contributed by atoms with van der Waals surface area (Å²) in [4.78, 5) is 18.2. The van der Waals surface area contributed by atoms with Crippen LogP contribution in [0.25, 0.3) is 0 Å². The Morgan fingerprint density at radius 2 is 1.77 bits per heavy atom. The smallest absolute Gasteiger partial charge is 0.254 e. The van der Waals surface area contributed by atoms with Crippen LogP contribution < -0.4 is 14.2 Å². The van der Waals surface area contributed by atoms with Crippen molar-refractivity contribution in [3.8, 4) is 17.2 Å². The zero-order chi connectivity index (χ0) is 29.8. The monoisotopic (exact) mass is 562 g/mol. The van der Waals surface area contributed by atoms with Crippen molar-refractivity contribution < 1.29 is 19.0 Å². The van der Waals surface area contributed by atoms with Gasteiger partial charge >= 0.3 is 0 Å². The predicted molar refractivity (Wildman–Crippen MR) is 170 cm³/mol. The van der Waals surface area contributed by atoms with E-state index < -0.39 is 0 Å². The molecule has 1 aromatic rings. The zero-order valence-corrected chi connectivity index (χ0v) is 27.0. The number of allylic oxidation sites excluding steroid dienone is 2. The number of benzene rings is 1. The summed E-state index contributed by atoms with van der Waals surface area (Å²) >= 11 is 1.76. The molecule has 0 aliphatic carbocycles. The molecule has 1 saturated heterocycles. The number of rotatable bonds is 14. The molecule has 0 spiro atoms. The van der Waals surface area contributed by atoms with Gasteiger partial charge in [0.25, 0.3) is 5.91 Å². The van der Waals surface area contributed by atoms with E-state index in [-0.39, 0.29) is 5.91 Å². The first kappa shape index (κ1) is 36.6. The highest BCUT2D eigenvalue weighted by molar-refractivity contribution is 8.02. The Hall–Kier alpha value is -2.38. The lowest BCUT2D eigenvalue weighted by atomic mass is 10.1. The highest BCUT2D eigenvalue weighted by Gasteiger charge is 2.25. The van der Waals surface area contributed by atoms with Crippen LogP contribution in [0.1, 0.15) is 77.6 Å². The molecular weight excluding hydrogens is 508 g/mol. The van der Waals surface area contributed by atoms with Crippen LogP contribution in [0.3, 0.4) is 0 Å². The van der Waals surface area contributed by atoms with Crippen LogP contribution in [-0.4, -0.2) is 75.0 Å². The Kier molecular flexibility index (Phi) is 20.1. The summed E-state index contributed by atoms with van der Waals surface area (Å²) in [5, 5.41) is 2.55. The van der Waals surface area contributed by atoms with Gasteiger partial charge in [0.2, 0.25) is 5.75 Å². The molecule has 2 unspecified atom stereocenters. The van der Waals surface area contributed by atoms with Gasteiger partial charge in [0, 0.05) is 29.9 Å². The minimum atomic E-state index is -0.0497. The average Bonchev–Trinajstić information content (AvgIpc) is 3.39. The van der Waals surface area contributed by atoms with Gasteiger partial charge in [-0.25, -0.2) is 0 Å². The molecule has 0 N–H and O–H groups in total. The zero-order valence-electron chi connectivity index (χ0n) is 26.2. The van der Waals surface area contributed by atoms with Gasteiger partial charge in [0.1, 0.15) is 0 Å². The van der Waals surface area contributed by atoms with Gasteiger partial charge in [0.05, 0.1) is 21.3 Å². The molecule has 1 amide bonds. The lowest BCUT2D eigenvalue weighted by molar-refractivity contribution is 0.0756. The second-order valence-corrected chi connectivity index (χ2v) is 10.1. The van der Waals surface area contributed by atoms with Crippen LogP contribution in [0, 0.1) is 0 Å². The van der Waals surface area contributed by atoms with Crippen molar-refractivity contribution in [3.05, 3.63) is 53.5 Å². The molecule has 7 heteroatoms. The second kappa shape index (κ2) is 21.4. The Labute approximate surface area is 243 Å². The second-order valence-electron chi connectivity index (χ2n) is 8.84. The summed E-state index contributed by atoms with van der Waals surface area (Å²) in [6.45, 7) is 18.5. The summed E-state index contributed by atoms with van der Waals surface area (Å²) in [5.41, 5.74) is 1.69. The van der Waals surface area contributed by atoms with Crippen molar-refractivity contribution in [1.29, 1.82) is 0 Å². The molecule has 1 fully saturated rings. The largest absolute Gasteiger partial charge is 0.493 e. The minimum Gasteiger partial charge on any atom is -0.493 e. The average molecular weight is 563 g/mol. The SMILES string of the molecule is C=CC/C(=C\SC(C)/C=C\C)CN(CCC1CCCN1C)C(=O)c1cc(OC)c(OC)c(OC)c1.CC.CC. The summed E-state index contributed by atoms with van der Waals surface area (Å²) in [6.07, 6.45) is 10.2. The molecule has 39 heavy (non-hydrogen) atoms. The number of likely N-dealkylation sites (tertiary alicyclic amines) is 1. The third-order valence-electron chi connectivity index (χ3n) is 6.32. The number of hydrogen-bond donors (Lipinski definition) is 0. The lowest BCUT2D eigenvalue weighted by Gasteiger charge is -2.28. The van der Waals surface area contributed by atoms with Crippen molar-refractivity contribution in [2.75, 3.05) is 48.0 Å². The molecule has 6 nitrogen and oxygen atoms in total. The molecular formula is C32H54N2O4S. The highest BCUT2D eigenvalue weighted by Crippen LogP contribution is 2.38. The maximum absolute atomic E-state index is 13.8. The van der Waals surface area contributed by atoms with Gasteiger partial charge in [-0.1, -0.05) is 45.9 Å². The first-order chi connectivity index (χ1) is 18.9. The van der Waals surface area contributed by atoms with Crippen molar-refractivity contribution >= 4 is 17.7 Å². The summed E-state index contributed by atoms with van der Waals surface area (Å²) in [7, 11) is 6.86. The Morgan fingerprint density at radius 3 is 2.23 bits per heavy atom. The molecule has 1 aliphatic heterocycles. The molecule has 0 bridgehead atoms. The molecule has 2 rings (SSSR count). The number of methoxy groups -OCH3 is 3. The van der Waals surface area contributed by atoms with Crippen molar-refractivity contribution in [3.63, 3.8) is 0 Å².